The fourth-order valence-corrected chi connectivity index (χ4v) is 0.854. The number of allylic oxidation sites excluding steroid dienone is 2. The Morgan fingerprint density at radius 3 is 1.20 bits per heavy atom. The summed E-state index contributed by atoms with van der Waals surface area (Å²) in [5, 5.41) is 0. The van der Waals surface area contributed by atoms with Crippen LogP contribution in [0.1, 0.15) is 27.7 Å². The fourth-order valence-electron chi connectivity index (χ4n) is 0.854. The van der Waals surface area contributed by atoms with E-state index in [0.29, 0.717) is 11.8 Å². The lowest BCUT2D eigenvalue weighted by Gasteiger charge is -2.19. The molecule has 0 saturated carbocycles. The first-order valence-electron chi connectivity index (χ1n) is 3.77. The van der Waals surface area contributed by atoms with Crippen molar-refractivity contribution >= 4 is 0 Å². The Hall–Kier alpha value is -0.520. The van der Waals surface area contributed by atoms with E-state index in [9.17, 15) is 0 Å². The van der Waals surface area contributed by atoms with E-state index in [1.807, 2.05) is 0 Å². The molecule has 0 aromatic heterocycles. The maximum atomic E-state index is 3.92. The second kappa shape index (κ2) is 3.60. The summed E-state index contributed by atoms with van der Waals surface area (Å²) in [5.41, 5.74) is 2.49. The summed E-state index contributed by atoms with van der Waals surface area (Å²) in [6.07, 6.45) is 0. The maximum absolute atomic E-state index is 3.92. The Balaban J connectivity index is 4.07. The van der Waals surface area contributed by atoms with Crippen molar-refractivity contribution in [1.82, 2.24) is 0 Å². The third-order valence-electron chi connectivity index (χ3n) is 2.30. The van der Waals surface area contributed by atoms with Gasteiger partial charge in [-0.25, -0.2) is 0 Å². The van der Waals surface area contributed by atoms with Crippen LogP contribution in [0.2, 0.25) is 0 Å². The molecule has 0 bridgehead atoms. The SMILES string of the molecule is C=C(C)C(C)C(C)C(=C)C. The van der Waals surface area contributed by atoms with Gasteiger partial charge in [0.2, 0.25) is 0 Å². The predicted octanol–water partition coefficient (Wildman–Crippen LogP) is 3.41. The van der Waals surface area contributed by atoms with Crippen LogP contribution in [0.4, 0.5) is 0 Å². The topological polar surface area (TPSA) is 0 Å². The molecule has 0 radical (unpaired) electrons. The number of hydrogen-bond donors (Lipinski definition) is 0. The Labute approximate surface area is 64.6 Å². The van der Waals surface area contributed by atoms with E-state index in [0.717, 1.165) is 0 Å². The van der Waals surface area contributed by atoms with E-state index in [1.54, 1.807) is 0 Å². The average Bonchev–Trinajstić information content (AvgIpc) is 1.84. The van der Waals surface area contributed by atoms with Crippen molar-refractivity contribution in [3.63, 3.8) is 0 Å². The Morgan fingerprint density at radius 2 is 1.10 bits per heavy atom. The third-order valence-corrected chi connectivity index (χ3v) is 2.30. The number of rotatable bonds is 3. The first kappa shape index (κ1) is 9.48. The molecular weight excluding hydrogens is 120 g/mol. The van der Waals surface area contributed by atoms with Crippen LogP contribution in [0.5, 0.6) is 0 Å². The monoisotopic (exact) mass is 138 g/mol. The lowest BCUT2D eigenvalue weighted by Crippen LogP contribution is -2.08. The first-order valence-corrected chi connectivity index (χ1v) is 3.77. The van der Waals surface area contributed by atoms with Gasteiger partial charge in [0.25, 0.3) is 0 Å². The summed E-state index contributed by atoms with van der Waals surface area (Å²) < 4.78 is 0. The van der Waals surface area contributed by atoms with Gasteiger partial charge >= 0.3 is 0 Å². The van der Waals surface area contributed by atoms with Gasteiger partial charge in [-0.3, -0.25) is 0 Å². The fraction of sp³-hybridized carbons (Fsp3) is 0.600. The summed E-state index contributed by atoms with van der Waals surface area (Å²) in [4.78, 5) is 0. The molecule has 10 heavy (non-hydrogen) atoms. The molecule has 2 atom stereocenters. The maximum Gasteiger partial charge on any atom is -0.0174 e. The van der Waals surface area contributed by atoms with Crippen molar-refractivity contribution in [2.75, 3.05) is 0 Å². The highest BCUT2D eigenvalue weighted by Crippen LogP contribution is 2.23. The van der Waals surface area contributed by atoms with Gasteiger partial charge in [0, 0.05) is 0 Å². The largest absolute Gasteiger partial charge is 0.0998 e. The molecule has 0 N–H and O–H groups in total. The van der Waals surface area contributed by atoms with Crippen LogP contribution in [0.3, 0.4) is 0 Å². The summed E-state index contributed by atoms with van der Waals surface area (Å²) in [7, 11) is 0. The van der Waals surface area contributed by atoms with Crippen LogP contribution >= 0.6 is 0 Å². The van der Waals surface area contributed by atoms with Crippen molar-refractivity contribution < 1.29 is 0 Å². The molecule has 0 nitrogen and oxygen atoms in total. The molecule has 2 unspecified atom stereocenters. The molecule has 0 heteroatoms. The molecule has 0 amide bonds. The van der Waals surface area contributed by atoms with Crippen molar-refractivity contribution in [2.24, 2.45) is 11.8 Å². The molecule has 0 aliphatic heterocycles. The molecule has 0 spiro atoms. The van der Waals surface area contributed by atoms with Crippen LogP contribution < -0.4 is 0 Å². The van der Waals surface area contributed by atoms with E-state index in [2.05, 4.69) is 40.9 Å². The number of hydrogen-bond acceptors (Lipinski definition) is 0. The zero-order valence-electron chi connectivity index (χ0n) is 7.57. The molecular formula is C10H18. The second-order valence-electron chi connectivity index (χ2n) is 3.27. The highest BCUT2D eigenvalue weighted by Gasteiger charge is 2.12. The standard InChI is InChI=1S/C10H18/c1-7(2)9(5)10(6)8(3)4/h9-10H,1,3H2,2,4-6H3. The van der Waals surface area contributed by atoms with Crippen LogP contribution in [-0.4, -0.2) is 0 Å². The molecule has 0 heterocycles. The summed E-state index contributed by atoms with van der Waals surface area (Å²) >= 11 is 0. The van der Waals surface area contributed by atoms with E-state index >= 15 is 0 Å². The van der Waals surface area contributed by atoms with Gasteiger partial charge in [-0.15, -0.1) is 0 Å². The van der Waals surface area contributed by atoms with Crippen LogP contribution in [0.25, 0.3) is 0 Å². The van der Waals surface area contributed by atoms with Crippen molar-refractivity contribution in [1.29, 1.82) is 0 Å². The van der Waals surface area contributed by atoms with Gasteiger partial charge in [-0.1, -0.05) is 38.2 Å². The summed E-state index contributed by atoms with van der Waals surface area (Å²) in [6, 6.07) is 0. The van der Waals surface area contributed by atoms with Gasteiger partial charge in [0.15, 0.2) is 0 Å². The van der Waals surface area contributed by atoms with Crippen LogP contribution in [0.15, 0.2) is 24.3 Å². The van der Waals surface area contributed by atoms with Crippen molar-refractivity contribution in [3.05, 3.63) is 24.3 Å². The molecule has 0 aromatic carbocycles. The average molecular weight is 138 g/mol. The minimum atomic E-state index is 0.567. The Morgan fingerprint density at radius 1 is 0.900 bits per heavy atom. The molecule has 0 aliphatic rings. The normalized spacial score (nSPS) is 16.0. The van der Waals surface area contributed by atoms with Gasteiger partial charge in [0.1, 0.15) is 0 Å². The summed E-state index contributed by atoms with van der Waals surface area (Å²) in [5.74, 6) is 1.13. The Bertz CT molecular complexity index is 124. The Kier molecular flexibility index (Phi) is 3.41. The minimum Gasteiger partial charge on any atom is -0.0998 e. The highest BCUT2D eigenvalue weighted by molar-refractivity contribution is 5.05. The highest BCUT2D eigenvalue weighted by atomic mass is 14.2. The lowest BCUT2D eigenvalue weighted by atomic mass is 9.86. The van der Waals surface area contributed by atoms with E-state index in [4.69, 9.17) is 0 Å². The summed E-state index contributed by atoms with van der Waals surface area (Å²) in [6.45, 7) is 16.4. The smallest absolute Gasteiger partial charge is 0.0174 e. The van der Waals surface area contributed by atoms with E-state index in [1.165, 1.54) is 11.1 Å². The molecule has 0 aromatic rings. The zero-order chi connectivity index (χ0) is 8.31. The van der Waals surface area contributed by atoms with Gasteiger partial charge in [-0.05, 0) is 25.7 Å². The van der Waals surface area contributed by atoms with Crippen molar-refractivity contribution in [2.45, 2.75) is 27.7 Å². The van der Waals surface area contributed by atoms with Gasteiger partial charge in [-0.2, -0.15) is 0 Å². The molecule has 0 rings (SSSR count). The van der Waals surface area contributed by atoms with E-state index < -0.39 is 0 Å². The minimum absolute atomic E-state index is 0.567. The third kappa shape index (κ3) is 2.38. The molecule has 0 aliphatic carbocycles. The lowest BCUT2D eigenvalue weighted by molar-refractivity contribution is 0.506. The van der Waals surface area contributed by atoms with Crippen molar-refractivity contribution in [3.8, 4) is 0 Å². The van der Waals surface area contributed by atoms with Crippen LogP contribution in [-0.2, 0) is 0 Å². The van der Waals surface area contributed by atoms with Crippen LogP contribution in [0, 0.1) is 11.8 Å². The molecule has 0 saturated heterocycles. The second-order valence-corrected chi connectivity index (χ2v) is 3.27. The zero-order valence-corrected chi connectivity index (χ0v) is 7.57. The quantitative estimate of drug-likeness (QED) is 0.524. The molecule has 0 fully saturated rings. The molecule has 58 valence electrons. The predicted molar refractivity (Wildman–Crippen MR) is 48.0 cm³/mol. The van der Waals surface area contributed by atoms with E-state index in [-0.39, 0.29) is 0 Å². The first-order chi connectivity index (χ1) is 4.46. The van der Waals surface area contributed by atoms with Gasteiger partial charge in [0.05, 0.1) is 0 Å². The van der Waals surface area contributed by atoms with Gasteiger partial charge < -0.3 is 0 Å².